The quantitative estimate of drug-likeness (QED) is 0.516. The van der Waals surface area contributed by atoms with Gasteiger partial charge in [-0.15, -0.1) is 0 Å². The van der Waals surface area contributed by atoms with Crippen molar-refractivity contribution in [3.8, 4) is 5.75 Å². The summed E-state index contributed by atoms with van der Waals surface area (Å²) in [6, 6.07) is 4.93. The molecule has 2 fully saturated rings. The number of nitrogens with one attached hydrogen (secondary N) is 2. The molecule has 2 aromatic carbocycles. The third kappa shape index (κ3) is 3.36. The van der Waals surface area contributed by atoms with Gasteiger partial charge in [-0.1, -0.05) is 31.7 Å². The highest BCUT2D eigenvalue weighted by atomic mass is 16.3. The number of para-hydroxylation sites is 1. The van der Waals surface area contributed by atoms with Gasteiger partial charge in [0.25, 0.3) is 16.8 Å². The van der Waals surface area contributed by atoms with Crippen molar-refractivity contribution >= 4 is 23.0 Å². The lowest BCUT2D eigenvalue weighted by Crippen LogP contribution is -2.46. The molecule has 7 heteroatoms. The molecular formula is C23H29N3O4. The van der Waals surface area contributed by atoms with Gasteiger partial charge in [0.1, 0.15) is 11.4 Å². The fourth-order valence-corrected chi connectivity index (χ4v) is 5.22. The zero-order valence-corrected chi connectivity index (χ0v) is 17.6. The highest BCUT2D eigenvalue weighted by Crippen LogP contribution is 2.50. The smallest absolute Gasteiger partial charge is 0.257 e. The van der Waals surface area contributed by atoms with Crippen molar-refractivity contribution in [1.82, 2.24) is 4.90 Å². The second kappa shape index (κ2) is 7.78. The zero-order valence-electron chi connectivity index (χ0n) is 17.6. The molecule has 0 aliphatic heterocycles. The molecule has 2 aliphatic rings. The van der Waals surface area contributed by atoms with E-state index < -0.39 is 10.9 Å². The molecule has 3 N–H and O–H groups in total. The minimum absolute atomic E-state index is 0.135. The molecule has 0 saturated heterocycles. The number of hydrogen-bond donors (Lipinski definition) is 3. The topological polar surface area (TPSA) is 98.7 Å². The fraction of sp³-hybridized carbons (Fsp3) is 0.522. The molecule has 0 radical (unpaired) electrons. The molecule has 4 rings (SSSR count). The summed E-state index contributed by atoms with van der Waals surface area (Å²) >= 11 is 0. The predicted molar refractivity (Wildman–Crippen MR) is 118 cm³/mol. The zero-order chi connectivity index (χ0) is 21.5. The maximum absolute atomic E-state index is 12.4. The molecule has 2 aromatic rings. The Balaban J connectivity index is 1.60. The normalized spacial score (nSPS) is 20.4. The number of amides is 1. The average molecular weight is 412 g/mol. The van der Waals surface area contributed by atoms with Crippen LogP contribution in [0.3, 0.4) is 0 Å². The van der Waals surface area contributed by atoms with E-state index in [4.69, 9.17) is 0 Å². The Morgan fingerprint density at radius 2 is 1.67 bits per heavy atom. The molecule has 1 unspecified atom stereocenters. The van der Waals surface area contributed by atoms with Gasteiger partial charge in [-0.2, -0.15) is 0 Å². The van der Waals surface area contributed by atoms with Crippen LogP contribution in [-0.2, 0) is 0 Å². The summed E-state index contributed by atoms with van der Waals surface area (Å²) in [5.74, 6) is -0.579. The van der Waals surface area contributed by atoms with Crippen LogP contribution >= 0.6 is 0 Å². The lowest BCUT2D eigenvalue weighted by Gasteiger charge is -2.42. The molecule has 0 heterocycles. The van der Waals surface area contributed by atoms with Gasteiger partial charge in [-0.05, 0) is 43.2 Å². The summed E-state index contributed by atoms with van der Waals surface area (Å²) < 4.78 is 0. The van der Waals surface area contributed by atoms with E-state index in [0.717, 1.165) is 12.8 Å². The first-order valence-corrected chi connectivity index (χ1v) is 10.7. The number of rotatable bonds is 5. The Bertz CT molecular complexity index is 1030. The van der Waals surface area contributed by atoms with Gasteiger partial charge in [0.05, 0.1) is 11.3 Å². The second-order valence-corrected chi connectivity index (χ2v) is 8.95. The summed E-state index contributed by atoms with van der Waals surface area (Å²) in [5.41, 5.74) is -0.0539. The number of phenolic OH excluding ortho intramolecular Hbond substituents is 1. The SMILES string of the molecule is CN(C)C(=O)c1cccc(Nc2c(NC3CCCCC34CCCC4)c(=O)c2=O)c1O. The Hall–Kier alpha value is -2.83. The van der Waals surface area contributed by atoms with Crippen LogP contribution < -0.4 is 21.5 Å². The summed E-state index contributed by atoms with van der Waals surface area (Å²) in [4.78, 5) is 38.3. The van der Waals surface area contributed by atoms with Crippen molar-refractivity contribution in [2.45, 2.75) is 57.4 Å². The molecule has 2 saturated carbocycles. The third-order valence-corrected chi connectivity index (χ3v) is 6.92. The first-order valence-electron chi connectivity index (χ1n) is 10.7. The van der Waals surface area contributed by atoms with Gasteiger partial charge in [0.2, 0.25) is 0 Å². The standard InChI is InChI=1S/C23H29N3O4/c1-26(2)22(30)14-8-7-9-15(19(14)27)24-17-18(21(29)20(17)28)25-16-10-3-4-11-23(16)12-5-6-13-23/h7-9,16,24-25,27H,3-6,10-13H2,1-2H3. The van der Waals surface area contributed by atoms with Crippen LogP contribution in [0.1, 0.15) is 61.7 Å². The van der Waals surface area contributed by atoms with Gasteiger partial charge < -0.3 is 20.6 Å². The number of nitrogens with zero attached hydrogens (tertiary/aromatic N) is 1. The summed E-state index contributed by atoms with van der Waals surface area (Å²) in [6.07, 6.45) is 9.26. The molecule has 1 amide bonds. The van der Waals surface area contributed by atoms with Crippen molar-refractivity contribution in [1.29, 1.82) is 0 Å². The first kappa shape index (κ1) is 20.4. The minimum Gasteiger partial charge on any atom is -0.505 e. The van der Waals surface area contributed by atoms with Gasteiger partial charge in [0, 0.05) is 20.1 Å². The maximum Gasteiger partial charge on any atom is 0.257 e. The molecular weight excluding hydrogens is 382 g/mol. The first-order chi connectivity index (χ1) is 14.3. The number of carbonyl (C=O) groups excluding carboxylic acids is 1. The molecule has 2 aliphatic carbocycles. The number of anilines is 3. The monoisotopic (exact) mass is 411 g/mol. The van der Waals surface area contributed by atoms with E-state index >= 15 is 0 Å². The van der Waals surface area contributed by atoms with E-state index in [-0.39, 0.29) is 40.1 Å². The molecule has 1 atom stereocenters. The predicted octanol–water partition coefficient (Wildman–Crippen LogP) is 3.35. The Morgan fingerprint density at radius 1 is 1.03 bits per heavy atom. The van der Waals surface area contributed by atoms with Crippen LogP contribution in [0.4, 0.5) is 17.1 Å². The number of phenols is 1. The van der Waals surface area contributed by atoms with E-state index in [1.54, 1.807) is 26.2 Å². The van der Waals surface area contributed by atoms with Crippen molar-refractivity contribution < 1.29 is 9.90 Å². The van der Waals surface area contributed by atoms with Crippen molar-refractivity contribution in [2.75, 3.05) is 24.7 Å². The lowest BCUT2D eigenvalue weighted by molar-refractivity contribution is 0.0824. The third-order valence-electron chi connectivity index (χ3n) is 6.92. The molecule has 0 aromatic heterocycles. The van der Waals surface area contributed by atoms with E-state index in [9.17, 15) is 19.5 Å². The van der Waals surface area contributed by atoms with E-state index in [2.05, 4.69) is 10.6 Å². The van der Waals surface area contributed by atoms with Crippen LogP contribution in [0.25, 0.3) is 0 Å². The van der Waals surface area contributed by atoms with Crippen LogP contribution in [0.2, 0.25) is 0 Å². The molecule has 30 heavy (non-hydrogen) atoms. The highest BCUT2D eigenvalue weighted by Gasteiger charge is 2.43. The fourth-order valence-electron chi connectivity index (χ4n) is 5.22. The van der Waals surface area contributed by atoms with Gasteiger partial charge in [-0.3, -0.25) is 14.4 Å². The summed E-state index contributed by atoms with van der Waals surface area (Å²) in [5, 5.41) is 16.9. The summed E-state index contributed by atoms with van der Waals surface area (Å²) in [6.45, 7) is 0. The van der Waals surface area contributed by atoms with Crippen molar-refractivity contribution in [3.63, 3.8) is 0 Å². The molecule has 1 spiro atoms. The average Bonchev–Trinajstić information content (AvgIpc) is 3.21. The lowest BCUT2D eigenvalue weighted by atomic mass is 9.69. The number of aromatic hydroxyl groups is 1. The van der Waals surface area contributed by atoms with E-state index in [1.165, 1.54) is 49.5 Å². The number of benzene rings is 1. The Morgan fingerprint density at radius 3 is 2.33 bits per heavy atom. The van der Waals surface area contributed by atoms with E-state index in [0.29, 0.717) is 5.69 Å². The number of hydrogen-bond acceptors (Lipinski definition) is 6. The minimum atomic E-state index is -0.600. The van der Waals surface area contributed by atoms with Crippen LogP contribution in [0.5, 0.6) is 5.75 Å². The van der Waals surface area contributed by atoms with Crippen LogP contribution in [-0.4, -0.2) is 36.1 Å². The Kier molecular flexibility index (Phi) is 5.30. The number of carbonyl (C=O) groups is 1. The van der Waals surface area contributed by atoms with Crippen molar-refractivity contribution in [3.05, 3.63) is 44.2 Å². The molecule has 160 valence electrons. The van der Waals surface area contributed by atoms with Gasteiger partial charge >= 0.3 is 0 Å². The largest absolute Gasteiger partial charge is 0.505 e. The van der Waals surface area contributed by atoms with Gasteiger partial charge in [-0.25, -0.2) is 0 Å². The van der Waals surface area contributed by atoms with Crippen LogP contribution in [0, 0.1) is 5.41 Å². The highest BCUT2D eigenvalue weighted by molar-refractivity contribution is 5.99. The molecule has 0 bridgehead atoms. The van der Waals surface area contributed by atoms with Crippen molar-refractivity contribution in [2.24, 2.45) is 5.41 Å². The molecule has 7 nitrogen and oxygen atoms in total. The maximum atomic E-state index is 12.4. The second-order valence-electron chi connectivity index (χ2n) is 8.95. The van der Waals surface area contributed by atoms with Crippen LogP contribution in [0.15, 0.2) is 27.8 Å². The summed E-state index contributed by atoms with van der Waals surface area (Å²) in [7, 11) is 3.20. The van der Waals surface area contributed by atoms with Gasteiger partial charge in [0.15, 0.2) is 5.75 Å². The Labute approximate surface area is 175 Å². The van der Waals surface area contributed by atoms with E-state index in [1.807, 2.05) is 0 Å².